The Balaban J connectivity index is 1.99. The van der Waals surface area contributed by atoms with Crippen molar-refractivity contribution in [1.82, 2.24) is 10.3 Å². The number of ether oxygens (including phenoxy) is 2. The normalized spacial score (nSPS) is 11.5. The number of hydrogen-bond donors (Lipinski definition) is 4. The number of amides is 1. The van der Waals surface area contributed by atoms with Crippen LogP contribution in [-0.4, -0.2) is 40.8 Å². The van der Waals surface area contributed by atoms with E-state index >= 15 is 0 Å². The molecule has 9 nitrogen and oxygen atoms in total. The largest absolute Gasteiger partial charge is 0.506 e. The molecule has 0 aliphatic heterocycles. The Hall–Kier alpha value is -4.34. The lowest BCUT2D eigenvalue weighted by atomic mass is 9.87. The minimum Gasteiger partial charge on any atom is -0.506 e. The predicted octanol–water partition coefficient (Wildman–Crippen LogP) is 2.95. The maximum absolute atomic E-state index is 13.1. The van der Waals surface area contributed by atoms with Crippen molar-refractivity contribution in [2.24, 2.45) is 0 Å². The SMILES string of the molecule is CCOC(=O)c1c[nH]c(=O)c([C@H](CC(=O)NCc2ccc(F)cc2)c2ccc(OC)c(O)c2)c1O. The van der Waals surface area contributed by atoms with E-state index in [0.29, 0.717) is 11.1 Å². The highest BCUT2D eigenvalue weighted by Crippen LogP contribution is 2.37. The molecule has 4 N–H and O–H groups in total. The molecule has 184 valence electrons. The van der Waals surface area contributed by atoms with Crippen LogP contribution in [0.15, 0.2) is 53.5 Å². The molecule has 3 rings (SSSR count). The van der Waals surface area contributed by atoms with Crippen LogP contribution >= 0.6 is 0 Å². The van der Waals surface area contributed by atoms with Gasteiger partial charge in [0.15, 0.2) is 11.5 Å². The van der Waals surface area contributed by atoms with E-state index in [9.17, 15) is 29.0 Å². The number of carbonyl (C=O) groups is 2. The number of aromatic hydroxyl groups is 2. The summed E-state index contributed by atoms with van der Waals surface area (Å²) in [6, 6.07) is 9.88. The van der Waals surface area contributed by atoms with Crippen LogP contribution in [0.5, 0.6) is 17.2 Å². The van der Waals surface area contributed by atoms with Crippen LogP contribution in [0, 0.1) is 5.82 Å². The number of benzene rings is 2. The number of aromatic amines is 1. The van der Waals surface area contributed by atoms with E-state index in [1.807, 2.05) is 0 Å². The smallest absolute Gasteiger partial charge is 0.343 e. The first-order valence-electron chi connectivity index (χ1n) is 10.7. The summed E-state index contributed by atoms with van der Waals surface area (Å²) in [6.07, 6.45) is 0.728. The van der Waals surface area contributed by atoms with Gasteiger partial charge >= 0.3 is 5.97 Å². The number of H-pyrrole nitrogens is 1. The number of hydrogen-bond acceptors (Lipinski definition) is 7. The summed E-state index contributed by atoms with van der Waals surface area (Å²) in [5.41, 5.74) is -0.249. The number of halogens is 1. The highest BCUT2D eigenvalue weighted by molar-refractivity contribution is 5.92. The van der Waals surface area contributed by atoms with Gasteiger partial charge in [-0.3, -0.25) is 9.59 Å². The molecule has 0 aliphatic rings. The minimum atomic E-state index is -1.04. The number of phenolic OH excluding ortho intramolecular Hbond substituents is 1. The molecule has 0 spiro atoms. The van der Waals surface area contributed by atoms with Gasteiger partial charge in [-0.25, -0.2) is 9.18 Å². The van der Waals surface area contributed by atoms with E-state index in [-0.39, 0.29) is 42.2 Å². The van der Waals surface area contributed by atoms with Crippen LogP contribution in [0.1, 0.15) is 46.3 Å². The Bertz CT molecular complexity index is 1270. The zero-order valence-corrected chi connectivity index (χ0v) is 19.1. The molecule has 10 heteroatoms. The Morgan fingerprint density at radius 3 is 2.49 bits per heavy atom. The quantitative estimate of drug-likeness (QED) is 0.343. The van der Waals surface area contributed by atoms with Crippen molar-refractivity contribution in [2.45, 2.75) is 25.8 Å². The Labute approximate surface area is 200 Å². The van der Waals surface area contributed by atoms with Crippen LogP contribution in [0.25, 0.3) is 0 Å². The lowest BCUT2D eigenvalue weighted by molar-refractivity contribution is -0.121. The number of pyridine rings is 1. The molecule has 0 saturated carbocycles. The second-order valence-corrected chi connectivity index (χ2v) is 7.61. The number of phenols is 1. The Morgan fingerprint density at radius 1 is 1.14 bits per heavy atom. The summed E-state index contributed by atoms with van der Waals surface area (Å²) in [6.45, 7) is 1.75. The molecule has 0 saturated heterocycles. The Morgan fingerprint density at radius 2 is 1.86 bits per heavy atom. The molecule has 0 fully saturated rings. The fraction of sp³-hybridized carbons (Fsp3) is 0.240. The highest BCUT2D eigenvalue weighted by atomic mass is 19.1. The van der Waals surface area contributed by atoms with E-state index in [4.69, 9.17) is 9.47 Å². The van der Waals surface area contributed by atoms with E-state index in [0.717, 1.165) is 6.20 Å². The van der Waals surface area contributed by atoms with E-state index in [1.54, 1.807) is 6.92 Å². The summed E-state index contributed by atoms with van der Waals surface area (Å²) in [7, 11) is 1.37. The molecule has 0 bridgehead atoms. The van der Waals surface area contributed by atoms with Crippen LogP contribution < -0.4 is 15.6 Å². The molecule has 1 heterocycles. The second kappa shape index (κ2) is 11.2. The summed E-state index contributed by atoms with van der Waals surface area (Å²) in [5.74, 6) is -3.48. The molecule has 0 aliphatic carbocycles. The molecule has 35 heavy (non-hydrogen) atoms. The lowest BCUT2D eigenvalue weighted by Crippen LogP contribution is -2.27. The van der Waals surface area contributed by atoms with Crippen molar-refractivity contribution < 1.29 is 33.7 Å². The summed E-state index contributed by atoms with van der Waals surface area (Å²) >= 11 is 0. The second-order valence-electron chi connectivity index (χ2n) is 7.61. The van der Waals surface area contributed by atoms with Crippen molar-refractivity contribution >= 4 is 11.9 Å². The maximum Gasteiger partial charge on any atom is 0.343 e. The fourth-order valence-electron chi connectivity index (χ4n) is 3.59. The van der Waals surface area contributed by atoms with Crippen LogP contribution in [0.2, 0.25) is 0 Å². The maximum atomic E-state index is 13.1. The van der Waals surface area contributed by atoms with Crippen molar-refractivity contribution in [1.29, 1.82) is 0 Å². The van der Waals surface area contributed by atoms with Gasteiger partial charge in [0.25, 0.3) is 5.56 Å². The molecular weight excluding hydrogens is 459 g/mol. The molecular formula is C25H25FN2O7. The monoisotopic (exact) mass is 484 g/mol. The van der Waals surface area contributed by atoms with Gasteiger partial charge in [-0.2, -0.15) is 0 Å². The number of rotatable bonds is 9. The predicted molar refractivity (Wildman–Crippen MR) is 124 cm³/mol. The van der Waals surface area contributed by atoms with Gasteiger partial charge in [0.1, 0.15) is 17.1 Å². The molecule has 1 amide bonds. The number of nitrogens with one attached hydrogen (secondary N) is 2. The third kappa shape index (κ3) is 5.97. The number of carbonyl (C=O) groups excluding carboxylic acids is 2. The zero-order chi connectivity index (χ0) is 25.5. The van der Waals surface area contributed by atoms with Crippen LogP contribution in [-0.2, 0) is 16.1 Å². The standard InChI is InChI=1S/C25H25FN2O7/c1-3-35-25(33)18-13-28-24(32)22(23(18)31)17(15-6-9-20(34-2)19(29)10-15)11-21(30)27-12-14-4-7-16(26)8-5-14/h4-10,13,17,29H,3,11-12H2,1-2H3,(H,27,30)(H2,28,31,32)/t17-/m1/s1. The van der Waals surface area contributed by atoms with Crippen LogP contribution in [0.3, 0.4) is 0 Å². The summed E-state index contributed by atoms with van der Waals surface area (Å²) in [5, 5.41) is 23.8. The van der Waals surface area contributed by atoms with Crippen molar-refractivity contribution in [3.8, 4) is 17.2 Å². The first-order valence-corrected chi connectivity index (χ1v) is 10.7. The van der Waals surface area contributed by atoms with E-state index < -0.39 is 34.9 Å². The van der Waals surface area contributed by atoms with E-state index in [2.05, 4.69) is 10.3 Å². The highest BCUT2D eigenvalue weighted by Gasteiger charge is 2.28. The third-order valence-corrected chi connectivity index (χ3v) is 5.34. The van der Waals surface area contributed by atoms with Gasteiger partial charge in [0.05, 0.1) is 19.3 Å². The molecule has 3 aromatic rings. The molecule has 1 aromatic heterocycles. The first kappa shape index (κ1) is 25.3. The van der Waals surface area contributed by atoms with Gasteiger partial charge in [0.2, 0.25) is 5.91 Å². The zero-order valence-electron chi connectivity index (χ0n) is 19.1. The summed E-state index contributed by atoms with van der Waals surface area (Å²) < 4.78 is 23.1. The van der Waals surface area contributed by atoms with Crippen LogP contribution in [0.4, 0.5) is 4.39 Å². The summed E-state index contributed by atoms with van der Waals surface area (Å²) in [4.78, 5) is 40.3. The van der Waals surface area contributed by atoms with Gasteiger partial charge in [-0.15, -0.1) is 0 Å². The Kier molecular flexibility index (Phi) is 8.08. The van der Waals surface area contributed by atoms with E-state index in [1.165, 1.54) is 49.6 Å². The molecule has 2 aromatic carbocycles. The number of esters is 1. The fourth-order valence-corrected chi connectivity index (χ4v) is 3.59. The van der Waals surface area contributed by atoms with Crippen molar-refractivity contribution in [3.63, 3.8) is 0 Å². The first-order chi connectivity index (χ1) is 16.7. The third-order valence-electron chi connectivity index (χ3n) is 5.34. The van der Waals surface area contributed by atoms with Gasteiger partial charge in [-0.1, -0.05) is 18.2 Å². The van der Waals surface area contributed by atoms with Gasteiger partial charge in [-0.05, 0) is 42.3 Å². The van der Waals surface area contributed by atoms with Gasteiger partial charge in [0, 0.05) is 25.1 Å². The van der Waals surface area contributed by atoms with Crippen molar-refractivity contribution in [3.05, 3.63) is 87.1 Å². The molecule has 1 atom stereocenters. The lowest BCUT2D eigenvalue weighted by Gasteiger charge is -2.20. The van der Waals surface area contributed by atoms with Gasteiger partial charge < -0.3 is 30.0 Å². The molecule has 0 radical (unpaired) electrons. The minimum absolute atomic E-state index is 0.0499. The molecule has 0 unspecified atom stereocenters. The number of aromatic nitrogens is 1. The topological polar surface area (TPSA) is 138 Å². The average molecular weight is 484 g/mol. The average Bonchev–Trinajstić information content (AvgIpc) is 2.83. The number of methoxy groups -OCH3 is 1. The van der Waals surface area contributed by atoms with Crippen molar-refractivity contribution in [2.75, 3.05) is 13.7 Å².